The Morgan fingerprint density at radius 1 is 1.43 bits per heavy atom. The van der Waals surface area contributed by atoms with E-state index in [2.05, 4.69) is 36.0 Å². The van der Waals surface area contributed by atoms with Gasteiger partial charge in [-0.05, 0) is 46.6 Å². The van der Waals surface area contributed by atoms with Crippen molar-refractivity contribution in [3.63, 3.8) is 0 Å². The molecule has 2 aromatic rings. The van der Waals surface area contributed by atoms with Crippen LogP contribution >= 0.6 is 0 Å². The summed E-state index contributed by atoms with van der Waals surface area (Å²) in [7, 11) is 1.72. The van der Waals surface area contributed by atoms with Gasteiger partial charge in [0.1, 0.15) is 0 Å². The predicted octanol–water partition coefficient (Wildman–Crippen LogP) is 2.48. The number of nitrogens with zero attached hydrogens (tertiary/aromatic N) is 5. The van der Waals surface area contributed by atoms with Crippen molar-refractivity contribution < 1.29 is 9.32 Å². The maximum absolute atomic E-state index is 12.6. The molecular weight excluding hydrogens is 294 g/mol. The lowest BCUT2D eigenvalue weighted by molar-refractivity contribution is 0.0773. The molecule has 1 aliphatic carbocycles. The first-order chi connectivity index (χ1) is 10.8. The Kier molecular flexibility index (Phi) is 3.74. The summed E-state index contributed by atoms with van der Waals surface area (Å²) in [4.78, 5) is 18.5. The third-order valence-corrected chi connectivity index (χ3v) is 3.88. The van der Waals surface area contributed by atoms with Crippen LogP contribution in [0.2, 0.25) is 0 Å². The van der Waals surface area contributed by atoms with Gasteiger partial charge >= 0.3 is 0 Å². The molecule has 0 spiro atoms. The molecule has 7 heteroatoms. The van der Waals surface area contributed by atoms with E-state index in [1.807, 2.05) is 17.7 Å². The predicted molar refractivity (Wildman–Crippen MR) is 84.0 cm³/mol. The van der Waals surface area contributed by atoms with Crippen molar-refractivity contribution in [2.75, 3.05) is 7.05 Å². The van der Waals surface area contributed by atoms with Crippen molar-refractivity contribution in [2.24, 2.45) is 0 Å². The Bertz CT molecular complexity index is 721. The van der Waals surface area contributed by atoms with Gasteiger partial charge in [-0.1, -0.05) is 5.16 Å². The van der Waals surface area contributed by atoms with Crippen LogP contribution in [-0.4, -0.2) is 37.8 Å². The fraction of sp³-hybridized carbons (Fsp3) is 0.625. The fourth-order valence-corrected chi connectivity index (χ4v) is 2.57. The van der Waals surface area contributed by atoms with Crippen LogP contribution in [0.4, 0.5) is 0 Å². The van der Waals surface area contributed by atoms with Gasteiger partial charge in [0.15, 0.2) is 11.5 Å². The Balaban J connectivity index is 1.71. The molecule has 2 heterocycles. The van der Waals surface area contributed by atoms with Crippen LogP contribution in [0.1, 0.15) is 67.4 Å². The molecule has 0 saturated heterocycles. The van der Waals surface area contributed by atoms with Crippen molar-refractivity contribution >= 4 is 5.91 Å². The average molecular weight is 317 g/mol. The standard InChI is InChI=1S/C16H23N5O2/c1-10-8-12(18-21(10)16(2,3)4)15(22)20(5)9-13-17-14(23-19-13)11-6-7-11/h8,11H,6-7,9H2,1-5H3. The highest BCUT2D eigenvalue weighted by Crippen LogP contribution is 2.38. The summed E-state index contributed by atoms with van der Waals surface area (Å²) in [5.74, 6) is 1.50. The van der Waals surface area contributed by atoms with E-state index in [0.717, 1.165) is 18.5 Å². The summed E-state index contributed by atoms with van der Waals surface area (Å²) in [5.41, 5.74) is 1.24. The van der Waals surface area contributed by atoms with E-state index < -0.39 is 0 Å². The molecule has 3 rings (SSSR count). The van der Waals surface area contributed by atoms with Crippen LogP contribution in [0.3, 0.4) is 0 Å². The number of hydrogen-bond donors (Lipinski definition) is 0. The maximum Gasteiger partial charge on any atom is 0.274 e. The normalized spacial score (nSPS) is 15.0. The molecule has 1 aliphatic rings. The maximum atomic E-state index is 12.6. The summed E-state index contributed by atoms with van der Waals surface area (Å²) < 4.78 is 7.09. The second-order valence-corrected chi connectivity index (χ2v) is 7.24. The third-order valence-electron chi connectivity index (χ3n) is 3.88. The molecule has 0 N–H and O–H groups in total. The molecule has 124 valence electrons. The van der Waals surface area contributed by atoms with Crippen molar-refractivity contribution in [1.82, 2.24) is 24.8 Å². The van der Waals surface area contributed by atoms with Gasteiger partial charge in [0.25, 0.3) is 5.91 Å². The summed E-state index contributed by atoms with van der Waals surface area (Å²) in [5, 5.41) is 8.40. The highest BCUT2D eigenvalue weighted by atomic mass is 16.5. The van der Waals surface area contributed by atoms with Gasteiger partial charge in [-0.25, -0.2) is 0 Å². The Hall–Kier alpha value is -2.18. The Labute approximate surface area is 135 Å². The molecule has 0 unspecified atom stereocenters. The van der Waals surface area contributed by atoms with Crippen LogP contribution in [0.15, 0.2) is 10.6 Å². The summed E-state index contributed by atoms with van der Waals surface area (Å²) in [6.45, 7) is 8.45. The average Bonchev–Trinajstić information content (AvgIpc) is 3.08. The molecule has 0 radical (unpaired) electrons. The number of rotatable bonds is 4. The van der Waals surface area contributed by atoms with Gasteiger partial charge in [-0.2, -0.15) is 10.1 Å². The molecule has 1 amide bonds. The second-order valence-electron chi connectivity index (χ2n) is 7.24. The lowest BCUT2D eigenvalue weighted by atomic mass is 10.1. The molecule has 0 aliphatic heterocycles. The molecule has 23 heavy (non-hydrogen) atoms. The number of amides is 1. The quantitative estimate of drug-likeness (QED) is 0.866. The van der Waals surface area contributed by atoms with E-state index in [1.165, 1.54) is 0 Å². The summed E-state index contributed by atoms with van der Waals surface area (Å²) in [6.07, 6.45) is 2.22. The van der Waals surface area contributed by atoms with Crippen LogP contribution in [0.25, 0.3) is 0 Å². The van der Waals surface area contributed by atoms with E-state index in [-0.39, 0.29) is 11.4 Å². The van der Waals surface area contributed by atoms with Crippen LogP contribution in [0.5, 0.6) is 0 Å². The minimum Gasteiger partial charge on any atom is -0.339 e. The van der Waals surface area contributed by atoms with Gasteiger partial charge in [-0.15, -0.1) is 0 Å². The van der Waals surface area contributed by atoms with Gasteiger partial charge in [0, 0.05) is 18.7 Å². The van der Waals surface area contributed by atoms with Gasteiger partial charge in [0.2, 0.25) is 5.89 Å². The topological polar surface area (TPSA) is 77.1 Å². The zero-order chi connectivity index (χ0) is 16.8. The minimum absolute atomic E-state index is 0.145. The smallest absolute Gasteiger partial charge is 0.274 e. The van der Waals surface area contributed by atoms with Crippen molar-refractivity contribution in [3.05, 3.63) is 29.2 Å². The third kappa shape index (κ3) is 3.28. The minimum atomic E-state index is -0.159. The summed E-state index contributed by atoms with van der Waals surface area (Å²) >= 11 is 0. The van der Waals surface area contributed by atoms with Crippen LogP contribution in [-0.2, 0) is 12.1 Å². The highest BCUT2D eigenvalue weighted by Gasteiger charge is 2.30. The highest BCUT2D eigenvalue weighted by molar-refractivity contribution is 5.92. The zero-order valence-corrected chi connectivity index (χ0v) is 14.3. The Morgan fingerprint density at radius 3 is 2.70 bits per heavy atom. The molecule has 7 nitrogen and oxygen atoms in total. The number of aromatic nitrogens is 4. The molecule has 1 saturated carbocycles. The Morgan fingerprint density at radius 2 is 2.13 bits per heavy atom. The van der Waals surface area contributed by atoms with E-state index in [0.29, 0.717) is 29.9 Å². The molecule has 0 bridgehead atoms. The van der Waals surface area contributed by atoms with Crippen molar-refractivity contribution in [3.8, 4) is 0 Å². The van der Waals surface area contributed by atoms with E-state index in [9.17, 15) is 4.79 Å². The SMILES string of the molecule is Cc1cc(C(=O)N(C)Cc2noc(C3CC3)n2)nn1C(C)(C)C. The largest absolute Gasteiger partial charge is 0.339 e. The second kappa shape index (κ2) is 5.47. The van der Waals surface area contributed by atoms with Gasteiger partial charge in [0.05, 0.1) is 12.1 Å². The van der Waals surface area contributed by atoms with Crippen molar-refractivity contribution in [1.29, 1.82) is 0 Å². The molecule has 0 aromatic carbocycles. The van der Waals surface area contributed by atoms with E-state index in [1.54, 1.807) is 11.9 Å². The monoisotopic (exact) mass is 317 g/mol. The van der Waals surface area contributed by atoms with E-state index in [4.69, 9.17) is 4.52 Å². The number of hydrogen-bond acceptors (Lipinski definition) is 5. The van der Waals surface area contributed by atoms with Crippen LogP contribution in [0, 0.1) is 6.92 Å². The first-order valence-electron chi connectivity index (χ1n) is 7.91. The first kappa shape index (κ1) is 15.7. The molecule has 2 aromatic heterocycles. The number of aryl methyl sites for hydroxylation is 1. The summed E-state index contributed by atoms with van der Waals surface area (Å²) in [6, 6.07) is 1.82. The van der Waals surface area contributed by atoms with Gasteiger partial charge < -0.3 is 9.42 Å². The lowest BCUT2D eigenvalue weighted by Gasteiger charge is -2.21. The van der Waals surface area contributed by atoms with E-state index >= 15 is 0 Å². The molecular formula is C16H23N5O2. The number of carbonyl (C=O) groups is 1. The first-order valence-corrected chi connectivity index (χ1v) is 7.91. The lowest BCUT2D eigenvalue weighted by Crippen LogP contribution is -2.28. The molecule has 0 atom stereocenters. The molecule has 1 fully saturated rings. The van der Waals surface area contributed by atoms with Crippen LogP contribution < -0.4 is 0 Å². The van der Waals surface area contributed by atoms with Gasteiger partial charge in [-0.3, -0.25) is 9.48 Å². The number of carbonyl (C=O) groups excluding carboxylic acids is 1. The van der Waals surface area contributed by atoms with Crippen molar-refractivity contribution in [2.45, 2.75) is 58.5 Å². The zero-order valence-electron chi connectivity index (χ0n) is 14.3. The fourth-order valence-electron chi connectivity index (χ4n) is 2.57.